The number of aryl methyl sites for hydroxylation is 1. The number of likely N-dealkylation sites (N-methyl/N-ethyl adjacent to an activating group) is 1. The van der Waals surface area contributed by atoms with Crippen LogP contribution in [-0.2, 0) is 29.9 Å². The van der Waals surface area contributed by atoms with Gasteiger partial charge in [-0.1, -0.05) is 36.4 Å². The van der Waals surface area contributed by atoms with Crippen molar-refractivity contribution in [1.82, 2.24) is 19.2 Å². The highest BCUT2D eigenvalue weighted by Gasteiger charge is 2.38. The smallest absolute Gasteiger partial charge is 0.407 e. The highest BCUT2D eigenvalue weighted by molar-refractivity contribution is 7.89. The molecule has 0 aliphatic heterocycles. The van der Waals surface area contributed by atoms with Crippen LogP contribution in [0.5, 0.6) is 5.75 Å². The first kappa shape index (κ1) is 24.7. The maximum atomic E-state index is 12.4. The Morgan fingerprint density at radius 1 is 1.26 bits per heavy atom. The van der Waals surface area contributed by atoms with Crippen LogP contribution in [0.4, 0.5) is 4.79 Å². The zero-order valence-corrected chi connectivity index (χ0v) is 20.6. The summed E-state index contributed by atoms with van der Waals surface area (Å²) >= 11 is 0. The summed E-state index contributed by atoms with van der Waals surface area (Å²) in [6, 6.07) is 15.7. The lowest BCUT2D eigenvalue weighted by molar-refractivity contribution is 0.122. The summed E-state index contributed by atoms with van der Waals surface area (Å²) in [6.07, 6.45) is 3.45. The van der Waals surface area contributed by atoms with Gasteiger partial charge in [-0.2, -0.15) is 0 Å². The number of hydrogen-bond donors (Lipinski definition) is 2. The molecule has 2 aromatic carbocycles. The average molecular weight is 499 g/mol. The maximum Gasteiger partial charge on any atom is 0.407 e. The molecule has 1 aliphatic carbocycles. The number of nitrogens with one attached hydrogen (secondary N) is 1. The fraction of sp³-hybridized carbons (Fsp3) is 0.360. The number of nitrogens with zero attached hydrogens (tertiary/aromatic N) is 3. The van der Waals surface area contributed by atoms with Gasteiger partial charge in [0.1, 0.15) is 12.4 Å². The van der Waals surface area contributed by atoms with Gasteiger partial charge >= 0.3 is 6.09 Å². The van der Waals surface area contributed by atoms with Crippen molar-refractivity contribution in [3.8, 4) is 5.75 Å². The molecule has 2 unspecified atom stereocenters. The van der Waals surface area contributed by atoms with Crippen molar-refractivity contribution in [3.63, 3.8) is 0 Å². The van der Waals surface area contributed by atoms with Gasteiger partial charge in [-0.25, -0.2) is 22.9 Å². The number of rotatable bonds is 10. The molecular formula is C25H30N4O5S. The van der Waals surface area contributed by atoms with Gasteiger partial charge in [0.15, 0.2) is 0 Å². The summed E-state index contributed by atoms with van der Waals surface area (Å²) in [5.74, 6) is 0.617. The van der Waals surface area contributed by atoms with Gasteiger partial charge in [-0.3, -0.25) is 0 Å². The van der Waals surface area contributed by atoms with Crippen molar-refractivity contribution in [2.24, 2.45) is 7.05 Å². The lowest BCUT2D eigenvalue weighted by Crippen LogP contribution is -2.42. The third-order valence-electron chi connectivity index (χ3n) is 6.38. The Morgan fingerprint density at radius 2 is 2.03 bits per heavy atom. The normalized spacial score (nSPS) is 17.2. The molecule has 35 heavy (non-hydrogen) atoms. The van der Waals surface area contributed by atoms with E-state index in [0.29, 0.717) is 18.7 Å². The molecule has 1 amide bonds. The van der Waals surface area contributed by atoms with Crippen molar-refractivity contribution < 1.29 is 23.1 Å². The number of carboxylic acid groups (broad SMARTS) is 1. The molecule has 1 aliphatic rings. The first-order valence-corrected chi connectivity index (χ1v) is 13.0. The van der Waals surface area contributed by atoms with E-state index < -0.39 is 16.1 Å². The Morgan fingerprint density at radius 3 is 2.69 bits per heavy atom. The molecule has 0 saturated heterocycles. The quantitative estimate of drug-likeness (QED) is 0.416. The van der Waals surface area contributed by atoms with Gasteiger partial charge in [0.25, 0.3) is 10.0 Å². The average Bonchev–Trinajstić information content (AvgIpc) is 3.42. The first-order valence-electron chi connectivity index (χ1n) is 11.6. The van der Waals surface area contributed by atoms with Crippen LogP contribution in [-0.4, -0.2) is 59.8 Å². The molecule has 3 aromatic rings. The lowest BCUT2D eigenvalue weighted by atomic mass is 9.90. The van der Waals surface area contributed by atoms with Gasteiger partial charge in [-0.05, 0) is 48.6 Å². The Labute approximate surface area is 205 Å². The number of fused-ring (bicyclic) bond motifs is 1. The minimum absolute atomic E-state index is 0.00563. The number of aromatic nitrogens is 2. The maximum absolute atomic E-state index is 12.4. The summed E-state index contributed by atoms with van der Waals surface area (Å²) in [4.78, 5) is 17.3. The van der Waals surface area contributed by atoms with Gasteiger partial charge in [-0.15, -0.1) is 0 Å². The van der Waals surface area contributed by atoms with E-state index in [9.17, 15) is 18.3 Å². The monoisotopic (exact) mass is 498 g/mol. The van der Waals surface area contributed by atoms with Gasteiger partial charge in [0.2, 0.25) is 5.16 Å². The van der Waals surface area contributed by atoms with Gasteiger partial charge < -0.3 is 19.3 Å². The van der Waals surface area contributed by atoms with E-state index in [-0.39, 0.29) is 30.3 Å². The van der Waals surface area contributed by atoms with E-state index in [1.807, 2.05) is 43.3 Å². The zero-order valence-electron chi connectivity index (χ0n) is 19.8. The third-order valence-corrected chi connectivity index (χ3v) is 7.83. The highest BCUT2D eigenvalue weighted by atomic mass is 32.2. The molecule has 1 aromatic heterocycles. The lowest BCUT2D eigenvalue weighted by Gasteiger charge is -2.30. The van der Waals surface area contributed by atoms with Crippen LogP contribution < -0.4 is 9.46 Å². The van der Waals surface area contributed by atoms with Crippen molar-refractivity contribution in [2.45, 2.75) is 36.9 Å². The molecule has 2 N–H and O–H groups in total. The van der Waals surface area contributed by atoms with Crippen molar-refractivity contribution in [1.29, 1.82) is 0 Å². The largest absolute Gasteiger partial charge is 0.492 e. The minimum atomic E-state index is -3.72. The van der Waals surface area contributed by atoms with E-state index in [2.05, 4.69) is 21.8 Å². The second-order valence-corrected chi connectivity index (χ2v) is 10.2. The Kier molecular flexibility index (Phi) is 7.42. The molecule has 10 heteroatoms. The summed E-state index contributed by atoms with van der Waals surface area (Å²) in [5, 5.41) is 9.73. The molecule has 9 nitrogen and oxygen atoms in total. The molecule has 4 rings (SSSR count). The minimum Gasteiger partial charge on any atom is -0.492 e. The Hall–Kier alpha value is -3.37. The van der Waals surface area contributed by atoms with Crippen LogP contribution >= 0.6 is 0 Å². The van der Waals surface area contributed by atoms with Crippen LogP contribution in [0.2, 0.25) is 0 Å². The van der Waals surface area contributed by atoms with Gasteiger partial charge in [0, 0.05) is 44.5 Å². The summed E-state index contributed by atoms with van der Waals surface area (Å²) < 4.78 is 34.5. The van der Waals surface area contributed by atoms with Crippen LogP contribution in [0, 0.1) is 0 Å². The van der Waals surface area contributed by atoms with Crippen molar-refractivity contribution in [2.75, 3.05) is 19.7 Å². The number of sulfonamides is 1. The fourth-order valence-corrected chi connectivity index (χ4v) is 5.86. The summed E-state index contributed by atoms with van der Waals surface area (Å²) in [6.45, 7) is 2.51. The highest BCUT2D eigenvalue weighted by Crippen LogP contribution is 2.40. The molecular weight excluding hydrogens is 468 g/mol. The second kappa shape index (κ2) is 10.5. The third kappa shape index (κ3) is 5.49. The molecule has 0 radical (unpaired) electrons. The fourth-order valence-electron chi connectivity index (χ4n) is 4.74. The predicted octanol–water partition coefficient (Wildman–Crippen LogP) is 3.03. The number of benzene rings is 2. The van der Waals surface area contributed by atoms with Crippen molar-refractivity contribution >= 4 is 16.1 Å². The topological polar surface area (TPSA) is 114 Å². The molecule has 2 atom stereocenters. The first-order chi connectivity index (χ1) is 16.8. The van der Waals surface area contributed by atoms with Crippen LogP contribution in [0.15, 0.2) is 66.1 Å². The number of carbonyl (C=O) groups is 1. The number of ether oxygens (including phenoxy) is 1. The molecule has 0 spiro atoms. The molecule has 1 heterocycles. The predicted molar refractivity (Wildman–Crippen MR) is 131 cm³/mol. The van der Waals surface area contributed by atoms with Gasteiger partial charge in [0.05, 0.1) is 0 Å². The van der Waals surface area contributed by atoms with Crippen molar-refractivity contribution in [3.05, 3.63) is 77.6 Å². The Bertz CT molecular complexity index is 1280. The van der Waals surface area contributed by atoms with E-state index in [1.54, 1.807) is 13.2 Å². The molecule has 0 saturated carbocycles. The van der Waals surface area contributed by atoms with E-state index >= 15 is 0 Å². The van der Waals surface area contributed by atoms with E-state index in [1.165, 1.54) is 15.7 Å². The standard InChI is InChI=1S/C25H30N4O5S/c1-3-29(25(30)31)23-16-19-9-10-20(17-21(19)22(23)15-18-7-5-4-6-8-18)34-14-12-27-35(32,33)24-26-11-13-28(24)2/h4-11,13,17,22-23,27H,3,12,14-16H2,1-2H3,(H,30,31). The number of amides is 1. The van der Waals surface area contributed by atoms with Crippen LogP contribution in [0.1, 0.15) is 29.5 Å². The molecule has 0 fully saturated rings. The summed E-state index contributed by atoms with van der Waals surface area (Å²) in [5.41, 5.74) is 3.33. The van der Waals surface area contributed by atoms with E-state index in [4.69, 9.17) is 4.74 Å². The second-order valence-electron chi connectivity index (χ2n) is 8.56. The van der Waals surface area contributed by atoms with Crippen LogP contribution in [0.3, 0.4) is 0 Å². The molecule has 186 valence electrons. The Balaban J connectivity index is 1.48. The number of hydrogen-bond acceptors (Lipinski definition) is 5. The van der Waals surface area contributed by atoms with Crippen LogP contribution in [0.25, 0.3) is 0 Å². The number of imidazole rings is 1. The van der Waals surface area contributed by atoms with E-state index in [0.717, 1.165) is 23.1 Å². The SMILES string of the molecule is CCN(C(=O)O)C1Cc2ccc(OCCNS(=O)(=O)c3nccn3C)cc2C1Cc1ccccc1. The summed E-state index contributed by atoms with van der Waals surface area (Å²) in [7, 11) is -2.11. The zero-order chi connectivity index (χ0) is 25.0. The molecule has 0 bridgehead atoms.